The van der Waals surface area contributed by atoms with Crippen molar-refractivity contribution in [2.45, 2.75) is 25.3 Å². The molecule has 0 heterocycles. The third-order valence-corrected chi connectivity index (χ3v) is 5.23. The van der Waals surface area contributed by atoms with Crippen LogP contribution in [0.5, 0.6) is 0 Å². The Hall–Kier alpha value is -0.640. The van der Waals surface area contributed by atoms with Gasteiger partial charge in [-0.2, -0.15) is 0 Å². The highest BCUT2D eigenvalue weighted by Crippen LogP contribution is 2.33. The number of benzene rings is 2. The number of aryl methyl sites for hydroxylation is 2. The van der Waals surface area contributed by atoms with E-state index in [0.29, 0.717) is 0 Å². The minimum atomic E-state index is 0.216. The summed E-state index contributed by atoms with van der Waals surface area (Å²) in [6.45, 7) is 0. The van der Waals surface area contributed by atoms with Crippen LogP contribution in [0.2, 0.25) is 0 Å². The van der Waals surface area contributed by atoms with Crippen molar-refractivity contribution in [3.05, 3.63) is 67.6 Å². The quantitative estimate of drug-likeness (QED) is 0.771. The van der Waals surface area contributed by atoms with E-state index in [1.807, 2.05) is 7.05 Å². The maximum Gasteiger partial charge on any atom is 0.0585 e. The third kappa shape index (κ3) is 2.72. The monoisotopic (exact) mass is 393 g/mol. The Morgan fingerprint density at radius 1 is 1.00 bits per heavy atom. The lowest BCUT2D eigenvalue weighted by molar-refractivity contribution is 0.687. The summed E-state index contributed by atoms with van der Waals surface area (Å²) in [4.78, 5) is 0. The first-order chi connectivity index (χ1) is 9.69. The molecule has 104 valence electrons. The minimum Gasteiger partial charge on any atom is -0.309 e. The molecule has 0 saturated heterocycles. The van der Waals surface area contributed by atoms with Crippen LogP contribution in [-0.4, -0.2) is 7.05 Å². The van der Waals surface area contributed by atoms with E-state index in [2.05, 4.69) is 73.6 Å². The predicted octanol–water partition coefficient (Wildman–Crippen LogP) is 5.01. The first-order valence-electron chi connectivity index (χ1n) is 6.93. The van der Waals surface area contributed by atoms with Gasteiger partial charge in [-0.15, -0.1) is 0 Å². The molecule has 0 aromatic heterocycles. The largest absolute Gasteiger partial charge is 0.309 e. The van der Waals surface area contributed by atoms with Crippen molar-refractivity contribution in [1.82, 2.24) is 5.32 Å². The van der Waals surface area contributed by atoms with E-state index in [-0.39, 0.29) is 6.04 Å². The van der Waals surface area contributed by atoms with Crippen molar-refractivity contribution in [2.24, 2.45) is 0 Å². The zero-order valence-corrected chi connectivity index (χ0v) is 14.6. The first kappa shape index (κ1) is 14.3. The smallest absolute Gasteiger partial charge is 0.0585 e. The van der Waals surface area contributed by atoms with Crippen LogP contribution >= 0.6 is 31.9 Å². The molecule has 1 unspecified atom stereocenters. The summed E-state index contributed by atoms with van der Waals surface area (Å²) < 4.78 is 2.25. The van der Waals surface area contributed by atoms with E-state index in [0.717, 1.165) is 8.95 Å². The Morgan fingerprint density at radius 2 is 1.80 bits per heavy atom. The van der Waals surface area contributed by atoms with Crippen LogP contribution in [0.1, 0.15) is 34.7 Å². The summed E-state index contributed by atoms with van der Waals surface area (Å²) in [5.74, 6) is 0. The highest BCUT2D eigenvalue weighted by Gasteiger charge is 2.18. The first-order valence-corrected chi connectivity index (χ1v) is 8.51. The molecule has 0 fully saturated rings. The van der Waals surface area contributed by atoms with E-state index in [1.165, 1.54) is 41.5 Å². The van der Waals surface area contributed by atoms with Crippen molar-refractivity contribution >= 4 is 31.9 Å². The summed E-state index contributed by atoms with van der Waals surface area (Å²) in [5, 5.41) is 3.44. The third-order valence-electron chi connectivity index (χ3n) is 4.01. The van der Waals surface area contributed by atoms with Crippen LogP contribution in [0.25, 0.3) is 0 Å². The summed E-state index contributed by atoms with van der Waals surface area (Å²) >= 11 is 7.24. The SMILES string of the molecule is CNC(c1ccc2c(c1)CCC2)c1cc(Br)ccc1Br. The molecular formula is C17H17Br2N. The maximum atomic E-state index is 3.67. The molecule has 1 atom stereocenters. The topological polar surface area (TPSA) is 12.0 Å². The Bertz CT molecular complexity index is 637. The molecule has 1 N–H and O–H groups in total. The standard InChI is InChI=1S/C17H17Br2N/c1-20-17(15-10-14(18)7-8-16(15)19)13-6-5-11-3-2-4-12(11)9-13/h5-10,17,20H,2-4H2,1H3. The Kier molecular flexibility index (Phi) is 4.29. The lowest BCUT2D eigenvalue weighted by Gasteiger charge is -2.20. The highest BCUT2D eigenvalue weighted by atomic mass is 79.9. The molecule has 0 amide bonds. The molecule has 3 rings (SSSR count). The lowest BCUT2D eigenvalue weighted by Crippen LogP contribution is -2.18. The van der Waals surface area contributed by atoms with Gasteiger partial charge in [0.2, 0.25) is 0 Å². The molecule has 20 heavy (non-hydrogen) atoms. The second-order valence-electron chi connectivity index (χ2n) is 5.27. The molecule has 2 aromatic carbocycles. The number of halogens is 2. The van der Waals surface area contributed by atoms with Crippen molar-refractivity contribution in [1.29, 1.82) is 0 Å². The van der Waals surface area contributed by atoms with Gasteiger partial charge >= 0.3 is 0 Å². The van der Waals surface area contributed by atoms with Gasteiger partial charge in [-0.05, 0) is 66.8 Å². The molecule has 0 aliphatic heterocycles. The van der Waals surface area contributed by atoms with Crippen LogP contribution in [0.3, 0.4) is 0 Å². The predicted molar refractivity (Wildman–Crippen MR) is 91.2 cm³/mol. The molecule has 1 aliphatic carbocycles. The molecule has 0 radical (unpaired) electrons. The minimum absolute atomic E-state index is 0.216. The van der Waals surface area contributed by atoms with Gasteiger partial charge in [0.15, 0.2) is 0 Å². The van der Waals surface area contributed by atoms with Gasteiger partial charge in [0.05, 0.1) is 6.04 Å². The van der Waals surface area contributed by atoms with E-state index in [9.17, 15) is 0 Å². The molecule has 2 aromatic rings. The molecular weight excluding hydrogens is 378 g/mol. The van der Waals surface area contributed by atoms with Crippen LogP contribution in [0, 0.1) is 0 Å². The van der Waals surface area contributed by atoms with Crippen molar-refractivity contribution in [2.75, 3.05) is 7.05 Å². The molecule has 3 heteroatoms. The molecule has 1 nitrogen and oxygen atoms in total. The van der Waals surface area contributed by atoms with Gasteiger partial charge in [-0.1, -0.05) is 50.1 Å². The highest BCUT2D eigenvalue weighted by molar-refractivity contribution is 9.11. The van der Waals surface area contributed by atoms with Gasteiger partial charge in [0.1, 0.15) is 0 Å². The lowest BCUT2D eigenvalue weighted by atomic mass is 9.96. The van der Waals surface area contributed by atoms with Gasteiger partial charge in [-0.3, -0.25) is 0 Å². The van der Waals surface area contributed by atoms with Crippen molar-refractivity contribution in [3.63, 3.8) is 0 Å². The average molecular weight is 395 g/mol. The fourth-order valence-corrected chi connectivity index (χ4v) is 3.86. The van der Waals surface area contributed by atoms with E-state index in [1.54, 1.807) is 0 Å². The number of hydrogen-bond acceptors (Lipinski definition) is 1. The maximum absolute atomic E-state index is 3.67. The summed E-state index contributed by atoms with van der Waals surface area (Å²) in [7, 11) is 2.02. The van der Waals surface area contributed by atoms with Gasteiger partial charge in [0.25, 0.3) is 0 Å². The Labute approximate surface area is 137 Å². The Balaban J connectivity index is 2.03. The summed E-state index contributed by atoms with van der Waals surface area (Å²) in [6, 6.07) is 13.5. The molecule has 0 spiro atoms. The zero-order valence-electron chi connectivity index (χ0n) is 11.4. The zero-order chi connectivity index (χ0) is 14.1. The van der Waals surface area contributed by atoms with Crippen LogP contribution < -0.4 is 5.32 Å². The number of fused-ring (bicyclic) bond motifs is 1. The van der Waals surface area contributed by atoms with Gasteiger partial charge in [-0.25, -0.2) is 0 Å². The average Bonchev–Trinajstić information content (AvgIpc) is 2.91. The fraction of sp³-hybridized carbons (Fsp3) is 0.294. The van der Waals surface area contributed by atoms with E-state index >= 15 is 0 Å². The van der Waals surface area contributed by atoms with Crippen molar-refractivity contribution in [3.8, 4) is 0 Å². The summed E-state index contributed by atoms with van der Waals surface area (Å²) in [5.41, 5.74) is 5.65. The Morgan fingerprint density at radius 3 is 2.60 bits per heavy atom. The number of hydrogen-bond donors (Lipinski definition) is 1. The van der Waals surface area contributed by atoms with Gasteiger partial charge in [0, 0.05) is 8.95 Å². The molecule has 1 aliphatic rings. The normalized spacial score (nSPS) is 15.2. The number of nitrogens with one attached hydrogen (secondary N) is 1. The van der Waals surface area contributed by atoms with Crippen LogP contribution in [0.15, 0.2) is 45.3 Å². The molecule has 0 saturated carbocycles. The summed E-state index contributed by atoms with van der Waals surface area (Å²) in [6.07, 6.45) is 3.75. The van der Waals surface area contributed by atoms with Gasteiger partial charge < -0.3 is 5.32 Å². The second kappa shape index (κ2) is 6.00. The number of rotatable bonds is 3. The van der Waals surface area contributed by atoms with Crippen LogP contribution in [-0.2, 0) is 12.8 Å². The van der Waals surface area contributed by atoms with Crippen LogP contribution in [0.4, 0.5) is 0 Å². The van der Waals surface area contributed by atoms with E-state index < -0.39 is 0 Å². The molecule has 0 bridgehead atoms. The fourth-order valence-electron chi connectivity index (χ4n) is 3.01. The second-order valence-corrected chi connectivity index (χ2v) is 7.04. The van der Waals surface area contributed by atoms with Crippen molar-refractivity contribution < 1.29 is 0 Å². The van der Waals surface area contributed by atoms with E-state index in [4.69, 9.17) is 0 Å².